The maximum absolute atomic E-state index is 12.5. The van der Waals surface area contributed by atoms with Gasteiger partial charge < -0.3 is 0 Å². The van der Waals surface area contributed by atoms with E-state index in [1.807, 2.05) is 103 Å². The van der Waals surface area contributed by atoms with Crippen molar-refractivity contribution in [1.82, 2.24) is 0 Å². The normalized spacial score (nSPS) is 11.3. The van der Waals surface area contributed by atoms with Gasteiger partial charge in [-0.25, -0.2) is 0 Å². The Labute approximate surface area is 186 Å². The molecule has 32 heavy (non-hydrogen) atoms. The fraction of sp³-hybridized carbons (Fsp3) is 0. The Hall–Kier alpha value is -4.30. The minimum absolute atomic E-state index is 0.0752. The summed E-state index contributed by atoms with van der Waals surface area (Å²) in [6, 6.07) is 38.6. The third kappa shape index (κ3) is 3.52. The van der Waals surface area contributed by atoms with Crippen molar-refractivity contribution in [3.63, 3.8) is 0 Å². The molecular formula is C30H20O2. The van der Waals surface area contributed by atoms with Crippen molar-refractivity contribution in [3.8, 4) is 11.1 Å². The minimum atomic E-state index is 0.0752. The molecule has 6 rings (SSSR count). The molecule has 5 aromatic carbocycles. The average Bonchev–Trinajstić information content (AvgIpc) is 2.88. The molecule has 0 unspecified atom stereocenters. The first-order chi connectivity index (χ1) is 15.7. The lowest BCUT2D eigenvalue weighted by Gasteiger charge is -2.19. The number of benzene rings is 5. The zero-order chi connectivity index (χ0) is 21.9. The van der Waals surface area contributed by atoms with Crippen LogP contribution in [-0.4, -0.2) is 11.6 Å². The van der Waals surface area contributed by atoms with Crippen LogP contribution < -0.4 is 0 Å². The smallest absolute Gasteiger partial charge is 0.194 e. The number of fused-ring (bicyclic) bond motifs is 2. The number of hydrogen-bond donors (Lipinski definition) is 0. The summed E-state index contributed by atoms with van der Waals surface area (Å²) in [5.74, 6) is 0.209. The summed E-state index contributed by atoms with van der Waals surface area (Å²) in [5, 5.41) is 2.22. The number of rotatable bonds is 2. The van der Waals surface area contributed by atoms with Gasteiger partial charge in [-0.05, 0) is 16.5 Å². The Morgan fingerprint density at radius 3 is 1.50 bits per heavy atom. The zero-order valence-corrected chi connectivity index (χ0v) is 17.4. The highest BCUT2D eigenvalue weighted by Gasteiger charge is 2.23. The van der Waals surface area contributed by atoms with Gasteiger partial charge in [0.05, 0.1) is 0 Å². The van der Waals surface area contributed by atoms with Crippen LogP contribution in [0.5, 0.6) is 0 Å². The maximum atomic E-state index is 12.5. The predicted molar refractivity (Wildman–Crippen MR) is 129 cm³/mol. The van der Waals surface area contributed by atoms with Gasteiger partial charge in [0.2, 0.25) is 0 Å². The number of carbonyl (C=O) groups is 2. The number of carbonyl (C=O) groups excluding carboxylic acids is 2. The van der Waals surface area contributed by atoms with E-state index in [1.54, 1.807) is 0 Å². The first-order valence-electron chi connectivity index (χ1n) is 10.5. The van der Waals surface area contributed by atoms with E-state index in [0.29, 0.717) is 0 Å². The Morgan fingerprint density at radius 2 is 0.906 bits per heavy atom. The van der Waals surface area contributed by atoms with Gasteiger partial charge in [-0.3, -0.25) is 9.59 Å². The second-order valence-corrected chi connectivity index (χ2v) is 7.65. The van der Waals surface area contributed by atoms with Gasteiger partial charge in [0, 0.05) is 27.6 Å². The summed E-state index contributed by atoms with van der Waals surface area (Å²) >= 11 is 0. The Bertz CT molecular complexity index is 1390. The average molecular weight is 412 g/mol. The summed E-state index contributed by atoms with van der Waals surface area (Å²) in [5.41, 5.74) is 5.31. The quantitative estimate of drug-likeness (QED) is 0.288. The van der Waals surface area contributed by atoms with Crippen LogP contribution in [-0.2, 0) is 0 Å². The molecule has 5 aromatic rings. The monoisotopic (exact) mass is 412 g/mol. The van der Waals surface area contributed by atoms with Crippen LogP contribution in [0.2, 0.25) is 0 Å². The van der Waals surface area contributed by atoms with Gasteiger partial charge in [0.15, 0.2) is 11.6 Å². The van der Waals surface area contributed by atoms with Gasteiger partial charge >= 0.3 is 0 Å². The highest BCUT2D eigenvalue weighted by atomic mass is 16.1. The van der Waals surface area contributed by atoms with Gasteiger partial charge in [-0.1, -0.05) is 121 Å². The molecule has 0 aliphatic heterocycles. The highest BCUT2D eigenvalue weighted by molar-refractivity contribution is 6.25. The van der Waals surface area contributed by atoms with Crippen LogP contribution in [0.4, 0.5) is 0 Å². The molecule has 0 bridgehead atoms. The molecule has 0 spiro atoms. The van der Waals surface area contributed by atoms with Crippen LogP contribution in [0.25, 0.3) is 21.9 Å². The summed E-state index contributed by atoms with van der Waals surface area (Å²) in [4.78, 5) is 24.3. The molecule has 0 N–H and O–H groups in total. The van der Waals surface area contributed by atoms with Crippen LogP contribution in [0.3, 0.4) is 0 Å². The second kappa shape index (κ2) is 8.44. The molecule has 0 fully saturated rings. The number of ketones is 2. The summed E-state index contributed by atoms with van der Waals surface area (Å²) < 4.78 is 0. The number of hydrogen-bond acceptors (Lipinski definition) is 2. The topological polar surface area (TPSA) is 34.1 Å². The van der Waals surface area contributed by atoms with E-state index in [2.05, 4.69) is 18.2 Å². The maximum Gasteiger partial charge on any atom is 0.194 e. The van der Waals surface area contributed by atoms with Gasteiger partial charge in [0.1, 0.15) is 0 Å². The van der Waals surface area contributed by atoms with Crippen LogP contribution >= 0.6 is 0 Å². The van der Waals surface area contributed by atoms with Crippen molar-refractivity contribution in [3.05, 3.63) is 144 Å². The fourth-order valence-corrected chi connectivity index (χ4v) is 4.16. The van der Waals surface area contributed by atoms with Crippen LogP contribution in [0, 0.1) is 0 Å². The third-order valence-electron chi connectivity index (χ3n) is 5.68. The molecule has 152 valence electrons. The first-order valence-corrected chi connectivity index (χ1v) is 10.5. The highest BCUT2D eigenvalue weighted by Crippen LogP contribution is 2.38. The van der Waals surface area contributed by atoms with Crippen molar-refractivity contribution in [2.24, 2.45) is 0 Å². The van der Waals surface area contributed by atoms with E-state index in [-0.39, 0.29) is 11.6 Å². The van der Waals surface area contributed by atoms with E-state index in [1.165, 1.54) is 5.56 Å². The van der Waals surface area contributed by atoms with Crippen molar-refractivity contribution in [1.29, 1.82) is 0 Å². The molecule has 2 heteroatoms. The minimum Gasteiger partial charge on any atom is -0.289 e. The summed E-state index contributed by atoms with van der Waals surface area (Å²) in [7, 11) is 0. The van der Waals surface area contributed by atoms with Crippen LogP contribution in [0.1, 0.15) is 31.8 Å². The van der Waals surface area contributed by atoms with Crippen molar-refractivity contribution in [2.45, 2.75) is 0 Å². The first kappa shape index (κ1) is 19.7. The SMILES string of the molecule is O=C(c1ccccc1)c1ccccc1.O=C1c2ccccc2-c2cccc3cccc1c23. The summed E-state index contributed by atoms with van der Waals surface area (Å²) in [6.45, 7) is 0. The second-order valence-electron chi connectivity index (χ2n) is 7.65. The summed E-state index contributed by atoms with van der Waals surface area (Å²) in [6.07, 6.45) is 0. The van der Waals surface area contributed by atoms with E-state index >= 15 is 0 Å². The molecule has 0 saturated heterocycles. The molecule has 0 aromatic heterocycles. The van der Waals surface area contributed by atoms with E-state index in [0.717, 1.165) is 38.6 Å². The molecule has 1 aliphatic carbocycles. The van der Waals surface area contributed by atoms with Gasteiger partial charge in [0.25, 0.3) is 0 Å². The van der Waals surface area contributed by atoms with Crippen LogP contribution in [0.15, 0.2) is 121 Å². The Morgan fingerprint density at radius 1 is 0.438 bits per heavy atom. The molecule has 0 atom stereocenters. The van der Waals surface area contributed by atoms with Crippen molar-refractivity contribution < 1.29 is 9.59 Å². The lowest BCUT2D eigenvalue weighted by Crippen LogP contribution is -2.09. The molecule has 1 aliphatic rings. The molecule has 2 nitrogen and oxygen atoms in total. The van der Waals surface area contributed by atoms with Crippen molar-refractivity contribution >= 4 is 22.3 Å². The lowest BCUT2D eigenvalue weighted by molar-refractivity contribution is 0.103. The van der Waals surface area contributed by atoms with E-state index in [9.17, 15) is 9.59 Å². The molecular weight excluding hydrogens is 392 g/mol. The fourth-order valence-electron chi connectivity index (χ4n) is 4.16. The lowest BCUT2D eigenvalue weighted by atomic mass is 9.83. The van der Waals surface area contributed by atoms with Crippen molar-refractivity contribution in [2.75, 3.05) is 0 Å². The van der Waals surface area contributed by atoms with E-state index < -0.39 is 0 Å². The predicted octanol–water partition coefficient (Wildman–Crippen LogP) is 6.97. The molecule has 0 amide bonds. The molecule has 0 radical (unpaired) electrons. The Kier molecular flexibility index (Phi) is 5.19. The molecule has 0 heterocycles. The van der Waals surface area contributed by atoms with Gasteiger partial charge in [-0.15, -0.1) is 0 Å². The third-order valence-corrected chi connectivity index (χ3v) is 5.68. The standard InChI is InChI=1S/C17H10O.C13H10O/c18-17-14-8-2-1-7-12(14)13-9-3-5-11-6-4-10-15(17)16(11)13;14-13(11-7-3-1-4-8-11)12-9-5-2-6-10-12/h1-10H;1-10H. The van der Waals surface area contributed by atoms with Gasteiger partial charge in [-0.2, -0.15) is 0 Å². The van der Waals surface area contributed by atoms with E-state index in [4.69, 9.17) is 0 Å². The molecule has 0 saturated carbocycles. The zero-order valence-electron chi connectivity index (χ0n) is 17.4. The largest absolute Gasteiger partial charge is 0.289 e. The Balaban J connectivity index is 0.000000140.